The van der Waals surface area contributed by atoms with Gasteiger partial charge in [0, 0.05) is 60.8 Å². The second-order valence-corrected chi connectivity index (χ2v) is 8.03. The van der Waals surface area contributed by atoms with E-state index in [9.17, 15) is 14.3 Å². The van der Waals surface area contributed by atoms with Gasteiger partial charge in [-0.25, -0.2) is 4.57 Å². The summed E-state index contributed by atoms with van der Waals surface area (Å²) in [6.07, 6.45) is 5.75. The molecule has 0 aliphatic carbocycles. The lowest BCUT2D eigenvalue weighted by Crippen LogP contribution is -2.20. The molecule has 1 atom stereocenters. The van der Waals surface area contributed by atoms with E-state index < -0.39 is 7.82 Å². The highest BCUT2D eigenvalue weighted by Crippen LogP contribution is 2.42. The zero-order chi connectivity index (χ0) is 28.9. The Balaban J connectivity index is 4.34. The zero-order valence-electron chi connectivity index (χ0n) is 21.7. The average Bonchev–Trinajstić information content (AvgIpc) is 2.90. The molecule has 0 fully saturated rings. The minimum atomic E-state index is -4.27. The van der Waals surface area contributed by atoms with Crippen LogP contribution in [0, 0.1) is 107 Å². The molecule has 0 radical (unpaired) electrons. The first-order chi connectivity index (χ1) is 18.9. The number of carbonyl (C=O) groups excluding carboxylic acids is 1. The lowest BCUT2D eigenvalue weighted by molar-refractivity contribution is -0.118. The number of hydrogen-bond acceptors (Lipinski definition) is 4. The van der Waals surface area contributed by atoms with E-state index in [1.165, 1.54) is 6.92 Å². The summed E-state index contributed by atoms with van der Waals surface area (Å²) in [6.45, 7) is 7.50. The van der Waals surface area contributed by atoms with E-state index >= 15 is 0 Å². The summed E-state index contributed by atoms with van der Waals surface area (Å²) >= 11 is 0. The summed E-state index contributed by atoms with van der Waals surface area (Å²) in [4.78, 5) is 20.2. The molecular weight excluding hydrogens is 509 g/mol. The van der Waals surface area contributed by atoms with Gasteiger partial charge in [0.15, 0.2) is 0 Å². The van der Waals surface area contributed by atoms with Crippen molar-refractivity contribution < 1.29 is 23.3 Å². The number of allylic oxidation sites excluding steroid dienone is 1. The van der Waals surface area contributed by atoms with E-state index in [-0.39, 0.29) is 12.5 Å². The maximum atomic E-state index is 11.7. The molecule has 1 unspecified atom stereocenters. The van der Waals surface area contributed by atoms with Gasteiger partial charge in [0.2, 0.25) is 5.91 Å². The highest BCUT2D eigenvalue weighted by molar-refractivity contribution is 7.47. The molecule has 0 heterocycles. The van der Waals surface area contributed by atoms with E-state index in [1.54, 1.807) is 0 Å². The molecule has 7 heteroatoms. The third-order valence-electron chi connectivity index (χ3n) is 3.66. The number of carbonyl (C=O) groups is 1. The molecule has 0 bridgehead atoms. The number of nitrogens with one attached hydrogen (secondary N) is 1. The van der Waals surface area contributed by atoms with E-state index in [0.29, 0.717) is 13.0 Å². The summed E-state index contributed by atoms with van der Waals surface area (Å²) in [5.41, 5.74) is 6.09. The van der Waals surface area contributed by atoms with E-state index in [1.807, 2.05) is 13.0 Å². The second-order valence-electron chi connectivity index (χ2n) is 6.65. The Labute approximate surface area is 231 Å². The fourth-order valence-electron chi connectivity index (χ4n) is 2.02. The maximum Gasteiger partial charge on any atom is 0.535 e. The fourth-order valence-corrected chi connectivity index (χ4v) is 2.59. The van der Waals surface area contributed by atoms with Crippen LogP contribution in [0.1, 0.15) is 46.0 Å². The smallest absolute Gasteiger partial charge is 0.356 e. The van der Waals surface area contributed by atoms with Gasteiger partial charge in [-0.3, -0.25) is 14.2 Å². The van der Waals surface area contributed by atoms with Crippen molar-refractivity contribution in [1.82, 2.24) is 5.32 Å². The molecule has 1 amide bonds. The minimum Gasteiger partial charge on any atom is -0.356 e. The van der Waals surface area contributed by atoms with Gasteiger partial charge in [0.25, 0.3) is 0 Å². The predicted molar refractivity (Wildman–Crippen MR) is 150 cm³/mol. The van der Waals surface area contributed by atoms with Crippen molar-refractivity contribution >= 4 is 13.7 Å². The van der Waals surface area contributed by atoms with Crippen LogP contribution in [0.3, 0.4) is 0 Å². The van der Waals surface area contributed by atoms with Crippen molar-refractivity contribution in [2.24, 2.45) is 0 Å². The first-order valence-electron chi connectivity index (χ1n) is 11.5. The van der Waals surface area contributed by atoms with Gasteiger partial charge in [-0.15, -0.1) is 0 Å². The summed E-state index contributed by atoms with van der Waals surface area (Å²) < 4.78 is 21.0. The van der Waals surface area contributed by atoms with Crippen LogP contribution in [0.5, 0.6) is 0 Å². The third kappa shape index (κ3) is 25.7. The highest BCUT2D eigenvalue weighted by Gasteiger charge is 2.20. The Morgan fingerprint density at radius 2 is 1.28 bits per heavy atom. The van der Waals surface area contributed by atoms with Crippen LogP contribution in [0.2, 0.25) is 0 Å². The van der Waals surface area contributed by atoms with Crippen molar-refractivity contribution in [3.8, 4) is 107 Å². The highest BCUT2D eigenvalue weighted by atomic mass is 31.2. The SMILES string of the molecule is C=C=C=C(C#CC#CC#CC#CC#CC#CC#CC#CC#COP(=O)(O)OCCCCCCNC(C)=O)CC. The van der Waals surface area contributed by atoms with Crippen LogP contribution in [-0.2, 0) is 18.4 Å². The van der Waals surface area contributed by atoms with Crippen LogP contribution < -0.4 is 5.32 Å². The Morgan fingerprint density at radius 1 is 0.795 bits per heavy atom. The van der Waals surface area contributed by atoms with Gasteiger partial charge < -0.3 is 9.84 Å². The number of phosphoric ester groups is 1. The van der Waals surface area contributed by atoms with E-state index in [2.05, 4.69) is 129 Å². The third-order valence-corrected chi connectivity index (χ3v) is 4.49. The molecule has 192 valence electrons. The topological polar surface area (TPSA) is 84.9 Å². The van der Waals surface area contributed by atoms with E-state index in [0.717, 1.165) is 31.3 Å². The van der Waals surface area contributed by atoms with Gasteiger partial charge in [-0.2, -0.15) is 0 Å². The fraction of sp³-hybridized carbons (Fsp3) is 0.281. The van der Waals surface area contributed by atoms with Crippen molar-refractivity contribution in [2.75, 3.05) is 13.2 Å². The van der Waals surface area contributed by atoms with E-state index in [4.69, 9.17) is 4.52 Å². The Kier molecular flexibility index (Phi) is 21.2. The number of unbranched alkanes of at least 4 members (excludes halogenated alkanes) is 3. The summed E-state index contributed by atoms with van der Waals surface area (Å²) in [6, 6.07) is 0. The Morgan fingerprint density at radius 3 is 1.77 bits per heavy atom. The average molecular weight is 534 g/mol. The van der Waals surface area contributed by atoms with Gasteiger partial charge in [-0.1, -0.05) is 31.2 Å². The lowest BCUT2D eigenvalue weighted by Gasteiger charge is -2.08. The molecule has 0 saturated carbocycles. The number of amides is 1. The standard InChI is InChI=1S/C32H24NO5P/c1-4-26-32(5-2)27-22-18-16-14-12-10-8-6-7-9-11-13-15-17-20-24-29-37-39(35,36)38-30-25-21-19-23-28-33-31(3)34/h1,5,19,21,23,25,28,30H2,2-3H3,(H,33,34)(H,35,36). The second kappa shape index (κ2) is 24.5. The van der Waals surface area contributed by atoms with Gasteiger partial charge >= 0.3 is 7.82 Å². The monoisotopic (exact) mass is 533 g/mol. The maximum absolute atomic E-state index is 11.7. The van der Waals surface area contributed by atoms with Crippen molar-refractivity contribution in [3.05, 3.63) is 23.6 Å². The first kappa shape index (κ1) is 33.8. The molecule has 0 aromatic carbocycles. The van der Waals surface area contributed by atoms with Crippen molar-refractivity contribution in [2.45, 2.75) is 46.0 Å². The van der Waals surface area contributed by atoms with Gasteiger partial charge in [0.1, 0.15) is 6.11 Å². The van der Waals surface area contributed by atoms with Gasteiger partial charge in [-0.05, 0) is 79.1 Å². The van der Waals surface area contributed by atoms with Crippen LogP contribution >= 0.6 is 7.82 Å². The van der Waals surface area contributed by atoms with Crippen LogP contribution in [0.25, 0.3) is 0 Å². The molecule has 0 saturated heterocycles. The van der Waals surface area contributed by atoms with Crippen LogP contribution in [0.15, 0.2) is 23.6 Å². The summed E-state index contributed by atoms with van der Waals surface area (Å²) in [5.74, 6) is 42.2. The molecule has 6 nitrogen and oxygen atoms in total. The lowest BCUT2D eigenvalue weighted by atomic mass is 10.2. The zero-order valence-corrected chi connectivity index (χ0v) is 22.6. The molecule has 0 aliphatic rings. The number of hydrogen-bond donors (Lipinski definition) is 2. The molecule has 0 aromatic heterocycles. The molecule has 39 heavy (non-hydrogen) atoms. The van der Waals surface area contributed by atoms with Crippen molar-refractivity contribution in [3.63, 3.8) is 0 Å². The Hall–Kier alpha value is -5.24. The Bertz CT molecular complexity index is 1580. The molecule has 0 aliphatic heterocycles. The molecule has 0 aromatic rings. The van der Waals surface area contributed by atoms with Gasteiger partial charge in [0.05, 0.1) is 12.2 Å². The number of phosphoric acid groups is 1. The summed E-state index contributed by atoms with van der Waals surface area (Å²) in [5, 5.41) is 2.69. The largest absolute Gasteiger partial charge is 0.535 e. The molecule has 0 spiro atoms. The van der Waals surface area contributed by atoms with Crippen LogP contribution in [0.4, 0.5) is 0 Å². The predicted octanol–water partition coefficient (Wildman–Crippen LogP) is 3.08. The first-order valence-corrected chi connectivity index (χ1v) is 13.0. The molecule has 0 rings (SSSR count). The van der Waals surface area contributed by atoms with Crippen molar-refractivity contribution in [1.29, 1.82) is 0 Å². The quantitative estimate of drug-likeness (QED) is 0.195. The molecule has 2 N–H and O–H groups in total. The van der Waals surface area contributed by atoms with Crippen LogP contribution in [-0.4, -0.2) is 24.0 Å². The summed E-state index contributed by atoms with van der Waals surface area (Å²) in [7, 11) is -4.27. The minimum absolute atomic E-state index is 0.0465. The molecular formula is C32H24NO5P. The number of rotatable bonds is 10. The normalized spacial score (nSPS) is 8.69.